The van der Waals surface area contributed by atoms with E-state index in [0.29, 0.717) is 16.2 Å². The van der Waals surface area contributed by atoms with Crippen molar-refractivity contribution in [3.05, 3.63) is 107 Å². The lowest BCUT2D eigenvalue weighted by Crippen LogP contribution is -2.49. The molecule has 6 nitrogen and oxygen atoms in total. The maximum Gasteiger partial charge on any atom is 0.285 e. The number of imide groups is 1. The van der Waals surface area contributed by atoms with Crippen LogP contribution in [-0.2, 0) is 27.6 Å². The molecule has 1 unspecified atom stereocenters. The van der Waals surface area contributed by atoms with Gasteiger partial charge in [0.1, 0.15) is 24.2 Å². The second-order valence-corrected chi connectivity index (χ2v) is 7.21. The van der Waals surface area contributed by atoms with Gasteiger partial charge in [-0.1, -0.05) is 48.5 Å². The predicted molar refractivity (Wildman–Crippen MR) is 110 cm³/mol. The molecule has 1 aliphatic heterocycles. The Morgan fingerprint density at radius 3 is 2.31 bits per heavy atom. The van der Waals surface area contributed by atoms with Gasteiger partial charge in [-0.2, -0.15) is 0 Å². The van der Waals surface area contributed by atoms with Gasteiger partial charge in [-0.15, -0.1) is 5.06 Å². The molecule has 32 heavy (non-hydrogen) atoms. The lowest BCUT2D eigenvalue weighted by atomic mass is 9.88. The number of benzene rings is 3. The number of nitrogens with zero attached hydrogens (tertiary/aromatic N) is 1. The Kier molecular flexibility index (Phi) is 6.04. The number of halogens is 2. The van der Waals surface area contributed by atoms with E-state index in [0.717, 1.165) is 12.1 Å². The summed E-state index contributed by atoms with van der Waals surface area (Å²) in [4.78, 5) is 44.3. The fraction of sp³-hybridized carbons (Fsp3) is 0.125. The lowest BCUT2D eigenvalue weighted by molar-refractivity contribution is -0.177. The molecule has 0 aromatic heterocycles. The van der Waals surface area contributed by atoms with Crippen molar-refractivity contribution in [2.24, 2.45) is 0 Å². The quantitative estimate of drug-likeness (QED) is 0.474. The number of hydrogen-bond acceptors (Lipinski definition) is 4. The highest BCUT2D eigenvalue weighted by Gasteiger charge is 2.44. The fourth-order valence-electron chi connectivity index (χ4n) is 3.41. The van der Waals surface area contributed by atoms with Crippen LogP contribution >= 0.6 is 0 Å². The van der Waals surface area contributed by atoms with Gasteiger partial charge >= 0.3 is 0 Å². The average molecular weight is 436 g/mol. The van der Waals surface area contributed by atoms with Crippen molar-refractivity contribution in [1.29, 1.82) is 0 Å². The molecule has 0 radical (unpaired) electrons. The van der Waals surface area contributed by atoms with Crippen LogP contribution in [0.2, 0.25) is 0 Å². The average Bonchev–Trinajstić information content (AvgIpc) is 2.80. The van der Waals surface area contributed by atoms with Crippen LogP contribution in [-0.4, -0.2) is 22.8 Å². The topological polar surface area (TPSA) is 75.7 Å². The van der Waals surface area contributed by atoms with E-state index >= 15 is 0 Å². The summed E-state index contributed by atoms with van der Waals surface area (Å²) in [5.41, 5.74) is 1.29. The minimum absolute atomic E-state index is 0.0399. The largest absolute Gasteiger partial charge is 0.351 e. The molecule has 1 N–H and O–H groups in total. The Hall–Kier alpha value is -3.91. The minimum Gasteiger partial charge on any atom is -0.351 e. The fourth-order valence-corrected chi connectivity index (χ4v) is 3.41. The van der Waals surface area contributed by atoms with Gasteiger partial charge in [0.2, 0.25) is 5.91 Å². The summed E-state index contributed by atoms with van der Waals surface area (Å²) in [5, 5.41) is 3.12. The summed E-state index contributed by atoms with van der Waals surface area (Å²) in [5.74, 6) is -4.90. The van der Waals surface area contributed by atoms with Gasteiger partial charge in [0.15, 0.2) is 0 Å². The van der Waals surface area contributed by atoms with Crippen molar-refractivity contribution in [3.8, 4) is 0 Å². The first-order valence-corrected chi connectivity index (χ1v) is 9.81. The van der Waals surface area contributed by atoms with Gasteiger partial charge in [0, 0.05) is 12.1 Å². The van der Waals surface area contributed by atoms with Crippen LogP contribution in [0.5, 0.6) is 0 Å². The van der Waals surface area contributed by atoms with Crippen LogP contribution in [0.15, 0.2) is 72.8 Å². The molecule has 1 heterocycles. The number of hydroxylamine groups is 2. The number of rotatable bonds is 6. The van der Waals surface area contributed by atoms with Crippen LogP contribution in [0.4, 0.5) is 8.78 Å². The molecule has 4 rings (SSSR count). The van der Waals surface area contributed by atoms with Crippen LogP contribution in [0.1, 0.15) is 33.0 Å². The van der Waals surface area contributed by atoms with Gasteiger partial charge in [-0.05, 0) is 41.0 Å². The molecular weight excluding hydrogens is 418 g/mol. The van der Waals surface area contributed by atoms with Crippen molar-refractivity contribution in [3.63, 3.8) is 0 Å². The molecule has 3 amide bonds. The first-order chi connectivity index (χ1) is 15.4. The third kappa shape index (κ3) is 4.40. The molecule has 3 aromatic rings. The van der Waals surface area contributed by atoms with E-state index in [4.69, 9.17) is 4.84 Å². The highest BCUT2D eigenvalue weighted by atomic mass is 19.1. The first-order valence-electron chi connectivity index (χ1n) is 9.81. The van der Waals surface area contributed by atoms with Crippen LogP contribution in [0.25, 0.3) is 0 Å². The van der Waals surface area contributed by atoms with Crippen LogP contribution in [0.3, 0.4) is 0 Å². The maximum absolute atomic E-state index is 13.8. The number of carbonyl (C=O) groups excluding carboxylic acids is 3. The minimum atomic E-state index is -1.40. The molecular formula is C24H18F2N2O4. The van der Waals surface area contributed by atoms with Gasteiger partial charge in [0.05, 0.1) is 0 Å². The Balaban J connectivity index is 1.58. The van der Waals surface area contributed by atoms with Gasteiger partial charge in [-0.25, -0.2) is 8.78 Å². The van der Waals surface area contributed by atoms with Crippen molar-refractivity contribution >= 4 is 17.7 Å². The van der Waals surface area contributed by atoms with Crippen molar-refractivity contribution < 1.29 is 28.0 Å². The normalized spacial score (nSPS) is 15.4. The van der Waals surface area contributed by atoms with Crippen LogP contribution in [0, 0.1) is 11.6 Å². The van der Waals surface area contributed by atoms with Gasteiger partial charge in [-0.3, -0.25) is 19.2 Å². The van der Waals surface area contributed by atoms with E-state index in [1.807, 2.05) is 0 Å². The zero-order valence-corrected chi connectivity index (χ0v) is 16.8. The number of carbonyl (C=O) groups is 3. The molecule has 0 fully saturated rings. The summed E-state index contributed by atoms with van der Waals surface area (Å²) < 4.78 is 26.9. The van der Waals surface area contributed by atoms with Crippen molar-refractivity contribution in [2.45, 2.75) is 19.1 Å². The molecule has 0 aliphatic carbocycles. The standard InChI is InChI=1S/C24H18F2N2O4/c25-17-8-6-15(7-9-17)13-27-22(29)21-19-11-10-18(26)12-20(19)23(30)28(24(21)31)32-14-16-4-2-1-3-5-16/h1-12,21H,13-14H2,(H,27,29). The molecule has 162 valence electrons. The van der Waals surface area contributed by atoms with Crippen LogP contribution < -0.4 is 5.32 Å². The molecule has 1 atom stereocenters. The second kappa shape index (κ2) is 9.07. The Bertz CT molecular complexity index is 1170. The smallest absolute Gasteiger partial charge is 0.285 e. The third-order valence-corrected chi connectivity index (χ3v) is 5.03. The van der Waals surface area contributed by atoms with Gasteiger partial charge in [0.25, 0.3) is 11.8 Å². The highest BCUT2D eigenvalue weighted by molar-refractivity contribution is 6.18. The molecule has 0 saturated heterocycles. The lowest BCUT2D eigenvalue weighted by Gasteiger charge is -2.30. The van der Waals surface area contributed by atoms with Crippen molar-refractivity contribution in [2.75, 3.05) is 0 Å². The summed E-state index contributed by atoms with van der Waals surface area (Å²) in [6.07, 6.45) is 0. The number of hydrogen-bond donors (Lipinski definition) is 1. The summed E-state index contributed by atoms with van der Waals surface area (Å²) in [6.45, 7) is -0.0505. The SMILES string of the molecule is O=C(NCc1ccc(F)cc1)C1C(=O)N(OCc2ccccc2)C(=O)c2cc(F)ccc21. The van der Waals surface area contributed by atoms with E-state index in [2.05, 4.69) is 5.32 Å². The van der Waals surface area contributed by atoms with E-state index in [-0.39, 0.29) is 24.3 Å². The van der Waals surface area contributed by atoms with E-state index in [1.54, 1.807) is 30.3 Å². The summed E-state index contributed by atoms with van der Waals surface area (Å²) in [6, 6.07) is 17.7. The summed E-state index contributed by atoms with van der Waals surface area (Å²) in [7, 11) is 0. The number of amides is 3. The highest BCUT2D eigenvalue weighted by Crippen LogP contribution is 2.31. The van der Waals surface area contributed by atoms with E-state index in [9.17, 15) is 23.2 Å². The molecule has 0 spiro atoms. The van der Waals surface area contributed by atoms with E-state index < -0.39 is 35.3 Å². The number of fused-ring (bicyclic) bond motifs is 1. The second-order valence-electron chi connectivity index (χ2n) is 7.21. The van der Waals surface area contributed by atoms with Gasteiger partial charge < -0.3 is 5.32 Å². The molecule has 0 saturated carbocycles. The Morgan fingerprint density at radius 1 is 0.906 bits per heavy atom. The molecule has 0 bridgehead atoms. The number of nitrogens with one attached hydrogen (secondary N) is 1. The molecule has 1 aliphatic rings. The zero-order valence-electron chi connectivity index (χ0n) is 16.8. The Morgan fingerprint density at radius 2 is 1.59 bits per heavy atom. The molecule has 8 heteroatoms. The molecule has 3 aromatic carbocycles. The third-order valence-electron chi connectivity index (χ3n) is 5.03. The predicted octanol–water partition coefficient (Wildman–Crippen LogP) is 3.48. The first kappa shape index (κ1) is 21.3. The summed E-state index contributed by atoms with van der Waals surface area (Å²) >= 11 is 0. The Labute approximate surface area is 182 Å². The zero-order chi connectivity index (χ0) is 22.7. The monoisotopic (exact) mass is 436 g/mol. The van der Waals surface area contributed by atoms with Crippen molar-refractivity contribution in [1.82, 2.24) is 10.4 Å². The van der Waals surface area contributed by atoms with E-state index in [1.165, 1.54) is 30.3 Å². The maximum atomic E-state index is 13.8.